The molecule has 0 aliphatic carbocycles. The summed E-state index contributed by atoms with van der Waals surface area (Å²) in [6.45, 7) is 1.44. The molecule has 1 N–H and O–H groups in total. The minimum absolute atomic E-state index is 0.0660. The molecule has 1 nitrogen and oxygen atoms in total. The average Bonchev–Trinajstić information content (AvgIpc) is 2.33. The second-order valence-corrected chi connectivity index (χ2v) is 4.06. The van der Waals surface area contributed by atoms with Crippen molar-refractivity contribution in [2.75, 3.05) is 0 Å². The van der Waals surface area contributed by atoms with Gasteiger partial charge in [0, 0.05) is 5.56 Å². The third kappa shape index (κ3) is 2.19. The van der Waals surface area contributed by atoms with E-state index in [9.17, 15) is 13.9 Å². The standard InChI is InChI=1S/C14H12F2O/c1-14(17,10-5-3-2-4-6-10)12-9-11(15)7-8-13(12)16/h2-9,17H,1H3. The van der Waals surface area contributed by atoms with E-state index in [0.29, 0.717) is 5.56 Å². The van der Waals surface area contributed by atoms with Gasteiger partial charge in [-0.1, -0.05) is 30.3 Å². The molecule has 0 radical (unpaired) electrons. The van der Waals surface area contributed by atoms with Gasteiger partial charge in [0.25, 0.3) is 0 Å². The number of aliphatic hydroxyl groups is 1. The Hall–Kier alpha value is -1.74. The Kier molecular flexibility index (Phi) is 2.94. The second-order valence-electron chi connectivity index (χ2n) is 4.06. The van der Waals surface area contributed by atoms with Crippen LogP contribution in [-0.4, -0.2) is 5.11 Å². The summed E-state index contributed by atoms with van der Waals surface area (Å²) >= 11 is 0. The predicted octanol–water partition coefficient (Wildman–Crippen LogP) is 3.22. The Labute approximate surface area is 98.3 Å². The predicted molar refractivity (Wildman–Crippen MR) is 61.5 cm³/mol. The van der Waals surface area contributed by atoms with Gasteiger partial charge in [-0.05, 0) is 30.7 Å². The summed E-state index contributed by atoms with van der Waals surface area (Å²) in [4.78, 5) is 0. The maximum atomic E-state index is 13.6. The second kappa shape index (κ2) is 4.26. The first-order valence-electron chi connectivity index (χ1n) is 5.25. The van der Waals surface area contributed by atoms with E-state index < -0.39 is 17.2 Å². The number of halogens is 2. The van der Waals surface area contributed by atoms with Crippen molar-refractivity contribution in [1.82, 2.24) is 0 Å². The molecule has 88 valence electrons. The molecule has 0 spiro atoms. The molecule has 3 heteroatoms. The van der Waals surface area contributed by atoms with Crippen LogP contribution in [0.2, 0.25) is 0 Å². The quantitative estimate of drug-likeness (QED) is 0.845. The Morgan fingerprint density at radius 1 is 1.00 bits per heavy atom. The zero-order valence-electron chi connectivity index (χ0n) is 9.32. The highest BCUT2D eigenvalue weighted by atomic mass is 19.1. The van der Waals surface area contributed by atoms with Crippen LogP contribution < -0.4 is 0 Å². The highest BCUT2D eigenvalue weighted by Gasteiger charge is 2.28. The molecule has 0 fully saturated rings. The normalized spacial score (nSPS) is 14.4. The Morgan fingerprint density at radius 3 is 2.29 bits per heavy atom. The van der Waals surface area contributed by atoms with E-state index in [1.807, 2.05) is 0 Å². The molecular weight excluding hydrogens is 222 g/mol. The van der Waals surface area contributed by atoms with Crippen molar-refractivity contribution < 1.29 is 13.9 Å². The van der Waals surface area contributed by atoms with Crippen LogP contribution in [0.15, 0.2) is 48.5 Å². The van der Waals surface area contributed by atoms with E-state index in [1.165, 1.54) is 6.92 Å². The summed E-state index contributed by atoms with van der Waals surface area (Å²) in [6, 6.07) is 11.7. The van der Waals surface area contributed by atoms with E-state index in [0.717, 1.165) is 18.2 Å². The van der Waals surface area contributed by atoms with Gasteiger partial charge in [0.1, 0.15) is 17.2 Å². The van der Waals surface area contributed by atoms with Crippen molar-refractivity contribution in [2.24, 2.45) is 0 Å². The number of hydrogen-bond donors (Lipinski definition) is 1. The SMILES string of the molecule is CC(O)(c1ccccc1)c1cc(F)ccc1F. The van der Waals surface area contributed by atoms with Crippen LogP contribution in [0.25, 0.3) is 0 Å². The monoisotopic (exact) mass is 234 g/mol. The van der Waals surface area contributed by atoms with Crippen molar-refractivity contribution in [3.8, 4) is 0 Å². The van der Waals surface area contributed by atoms with Crippen LogP contribution in [-0.2, 0) is 5.60 Å². The summed E-state index contributed by atoms with van der Waals surface area (Å²) in [5, 5.41) is 10.4. The average molecular weight is 234 g/mol. The zero-order chi connectivity index (χ0) is 12.5. The lowest BCUT2D eigenvalue weighted by Crippen LogP contribution is -2.24. The van der Waals surface area contributed by atoms with E-state index in [2.05, 4.69) is 0 Å². The third-order valence-electron chi connectivity index (χ3n) is 2.79. The molecule has 0 bridgehead atoms. The molecule has 2 aromatic carbocycles. The lowest BCUT2D eigenvalue weighted by atomic mass is 9.88. The van der Waals surface area contributed by atoms with E-state index in [4.69, 9.17) is 0 Å². The van der Waals surface area contributed by atoms with Gasteiger partial charge in [-0.25, -0.2) is 8.78 Å². The number of hydrogen-bond acceptors (Lipinski definition) is 1. The molecule has 0 amide bonds. The molecule has 0 aliphatic rings. The summed E-state index contributed by atoms with van der Waals surface area (Å²) in [6.07, 6.45) is 0. The van der Waals surface area contributed by atoms with Crippen molar-refractivity contribution in [3.63, 3.8) is 0 Å². The molecule has 0 saturated heterocycles. The first kappa shape index (κ1) is 11.7. The molecule has 2 rings (SSSR count). The van der Waals surface area contributed by atoms with Gasteiger partial charge >= 0.3 is 0 Å². The van der Waals surface area contributed by atoms with Crippen molar-refractivity contribution >= 4 is 0 Å². The van der Waals surface area contributed by atoms with Crippen molar-refractivity contribution in [2.45, 2.75) is 12.5 Å². The zero-order valence-corrected chi connectivity index (χ0v) is 9.32. The molecule has 0 aliphatic heterocycles. The van der Waals surface area contributed by atoms with Gasteiger partial charge in [-0.2, -0.15) is 0 Å². The summed E-state index contributed by atoms with van der Waals surface area (Å²) in [5.74, 6) is -1.20. The van der Waals surface area contributed by atoms with Crippen LogP contribution in [0.4, 0.5) is 8.78 Å². The molecule has 2 aromatic rings. The van der Waals surface area contributed by atoms with E-state index in [-0.39, 0.29) is 5.56 Å². The summed E-state index contributed by atoms with van der Waals surface area (Å²) in [7, 11) is 0. The molecule has 1 unspecified atom stereocenters. The summed E-state index contributed by atoms with van der Waals surface area (Å²) in [5.41, 5.74) is -1.10. The van der Waals surface area contributed by atoms with Crippen LogP contribution >= 0.6 is 0 Å². The van der Waals surface area contributed by atoms with E-state index >= 15 is 0 Å². The van der Waals surface area contributed by atoms with E-state index in [1.54, 1.807) is 30.3 Å². The molecule has 0 saturated carbocycles. The minimum atomic E-state index is -1.55. The van der Waals surface area contributed by atoms with Crippen molar-refractivity contribution in [3.05, 3.63) is 71.3 Å². The fourth-order valence-corrected chi connectivity index (χ4v) is 1.79. The topological polar surface area (TPSA) is 20.2 Å². The van der Waals surface area contributed by atoms with Crippen LogP contribution in [0, 0.1) is 11.6 Å². The Balaban J connectivity index is 2.55. The largest absolute Gasteiger partial charge is 0.381 e. The molecular formula is C14H12F2O. The lowest BCUT2D eigenvalue weighted by Gasteiger charge is -2.24. The molecule has 17 heavy (non-hydrogen) atoms. The first-order chi connectivity index (χ1) is 8.01. The molecule has 0 aromatic heterocycles. The highest BCUT2D eigenvalue weighted by Crippen LogP contribution is 2.31. The first-order valence-corrected chi connectivity index (χ1v) is 5.25. The van der Waals surface area contributed by atoms with Crippen LogP contribution in [0.1, 0.15) is 18.1 Å². The highest BCUT2D eigenvalue weighted by molar-refractivity contribution is 5.36. The number of rotatable bonds is 2. The van der Waals surface area contributed by atoms with Crippen LogP contribution in [0.3, 0.4) is 0 Å². The maximum Gasteiger partial charge on any atom is 0.129 e. The molecule has 0 heterocycles. The van der Waals surface area contributed by atoms with Gasteiger partial charge in [-0.3, -0.25) is 0 Å². The van der Waals surface area contributed by atoms with Crippen molar-refractivity contribution in [1.29, 1.82) is 0 Å². The Bertz CT molecular complexity index is 521. The fourth-order valence-electron chi connectivity index (χ4n) is 1.79. The fraction of sp³-hybridized carbons (Fsp3) is 0.143. The summed E-state index contributed by atoms with van der Waals surface area (Å²) < 4.78 is 26.7. The van der Waals surface area contributed by atoms with Gasteiger partial charge < -0.3 is 5.11 Å². The Morgan fingerprint density at radius 2 is 1.65 bits per heavy atom. The van der Waals surface area contributed by atoms with Gasteiger partial charge in [-0.15, -0.1) is 0 Å². The molecule has 1 atom stereocenters. The van der Waals surface area contributed by atoms with Gasteiger partial charge in [0.05, 0.1) is 0 Å². The maximum absolute atomic E-state index is 13.6. The van der Waals surface area contributed by atoms with Gasteiger partial charge in [0.15, 0.2) is 0 Å². The lowest BCUT2D eigenvalue weighted by molar-refractivity contribution is 0.0975. The van der Waals surface area contributed by atoms with Crippen LogP contribution in [0.5, 0.6) is 0 Å². The smallest absolute Gasteiger partial charge is 0.129 e. The van der Waals surface area contributed by atoms with Gasteiger partial charge in [0.2, 0.25) is 0 Å². The minimum Gasteiger partial charge on any atom is -0.381 e. The number of benzene rings is 2. The third-order valence-corrected chi connectivity index (χ3v) is 2.79.